The molecular weight excluding hydrogens is 580 g/mol. The van der Waals surface area contributed by atoms with E-state index in [0.717, 1.165) is 27.8 Å². The van der Waals surface area contributed by atoms with E-state index in [0.29, 0.717) is 30.3 Å². The van der Waals surface area contributed by atoms with E-state index >= 15 is 0 Å². The number of anilines is 1. The SMILES string of the molecule is CCOC(=O)c1cc(NC(=O)CN2C(=O)S/C(=C\c3ccc(OCc4cccc(C)c4)c(OCC)c3)C2=O)ccc1Cl. The number of nitrogens with one attached hydrogen (secondary N) is 1. The van der Waals surface area contributed by atoms with E-state index in [9.17, 15) is 19.2 Å². The van der Waals surface area contributed by atoms with Gasteiger partial charge in [0.15, 0.2) is 11.5 Å². The highest BCUT2D eigenvalue weighted by Crippen LogP contribution is 2.35. The van der Waals surface area contributed by atoms with Gasteiger partial charge < -0.3 is 19.5 Å². The molecule has 218 valence electrons. The van der Waals surface area contributed by atoms with E-state index in [2.05, 4.69) is 5.32 Å². The Hall–Kier alpha value is -4.28. The Morgan fingerprint density at radius 1 is 0.976 bits per heavy atom. The molecule has 0 bridgehead atoms. The normalized spacial score (nSPS) is 13.8. The minimum atomic E-state index is -0.631. The average Bonchev–Trinajstić information content (AvgIpc) is 3.21. The van der Waals surface area contributed by atoms with Crippen LogP contribution in [0.25, 0.3) is 6.08 Å². The van der Waals surface area contributed by atoms with Crippen molar-refractivity contribution in [1.29, 1.82) is 0 Å². The van der Waals surface area contributed by atoms with Gasteiger partial charge >= 0.3 is 5.97 Å². The monoisotopic (exact) mass is 608 g/mol. The highest BCUT2D eigenvalue weighted by Gasteiger charge is 2.36. The molecular formula is C31H29ClN2O7S. The Bertz CT molecular complexity index is 1560. The number of carbonyl (C=O) groups is 4. The van der Waals surface area contributed by atoms with E-state index in [-0.39, 0.29) is 27.8 Å². The number of hydrogen-bond donors (Lipinski definition) is 1. The van der Waals surface area contributed by atoms with Crippen molar-refractivity contribution in [3.05, 3.63) is 92.8 Å². The van der Waals surface area contributed by atoms with Crippen molar-refractivity contribution in [3.63, 3.8) is 0 Å². The molecule has 1 saturated heterocycles. The van der Waals surface area contributed by atoms with E-state index < -0.39 is 29.6 Å². The van der Waals surface area contributed by atoms with Gasteiger partial charge in [-0.25, -0.2) is 4.79 Å². The van der Waals surface area contributed by atoms with Crippen LogP contribution in [0.5, 0.6) is 11.5 Å². The number of halogens is 1. The van der Waals surface area contributed by atoms with Gasteiger partial charge in [-0.05, 0) is 80.1 Å². The largest absolute Gasteiger partial charge is 0.490 e. The molecule has 0 aliphatic carbocycles. The molecule has 1 aliphatic heterocycles. The number of carbonyl (C=O) groups excluding carboxylic acids is 4. The van der Waals surface area contributed by atoms with Crippen molar-refractivity contribution in [2.45, 2.75) is 27.4 Å². The first-order valence-electron chi connectivity index (χ1n) is 13.2. The molecule has 0 aromatic heterocycles. The second-order valence-electron chi connectivity index (χ2n) is 9.15. The summed E-state index contributed by atoms with van der Waals surface area (Å²) in [5, 5.41) is 2.17. The number of esters is 1. The van der Waals surface area contributed by atoms with Crippen LogP contribution < -0.4 is 14.8 Å². The summed E-state index contributed by atoms with van der Waals surface area (Å²) in [6.07, 6.45) is 1.57. The lowest BCUT2D eigenvalue weighted by Crippen LogP contribution is -2.36. The molecule has 0 unspecified atom stereocenters. The summed E-state index contributed by atoms with van der Waals surface area (Å²) in [5.74, 6) is -0.796. The third-order valence-electron chi connectivity index (χ3n) is 5.96. The van der Waals surface area contributed by atoms with Crippen LogP contribution in [0.4, 0.5) is 10.5 Å². The van der Waals surface area contributed by atoms with Gasteiger partial charge in [-0.2, -0.15) is 0 Å². The first kappa shape index (κ1) is 30.7. The Balaban J connectivity index is 1.43. The fourth-order valence-electron chi connectivity index (χ4n) is 4.07. The molecule has 3 amide bonds. The molecule has 0 saturated carbocycles. The molecule has 11 heteroatoms. The second-order valence-corrected chi connectivity index (χ2v) is 10.5. The molecule has 1 fully saturated rings. The Labute approximate surface area is 252 Å². The first-order chi connectivity index (χ1) is 20.2. The van der Waals surface area contributed by atoms with Crippen molar-refractivity contribution in [1.82, 2.24) is 4.90 Å². The standard InChI is InChI=1S/C31H29ClN2O7S/c1-4-39-26-14-20(9-12-25(26)41-18-21-8-6-7-19(3)13-21)15-27-29(36)34(31(38)42-27)17-28(35)33-22-10-11-24(32)23(16-22)30(37)40-5-2/h6-16H,4-5,17-18H2,1-3H3,(H,33,35)/b27-15-. The molecule has 9 nitrogen and oxygen atoms in total. The maximum Gasteiger partial charge on any atom is 0.339 e. The number of rotatable bonds is 11. The van der Waals surface area contributed by atoms with E-state index in [4.69, 9.17) is 25.8 Å². The fourth-order valence-corrected chi connectivity index (χ4v) is 5.10. The van der Waals surface area contributed by atoms with Gasteiger partial charge in [0.05, 0.1) is 28.7 Å². The lowest BCUT2D eigenvalue weighted by atomic mass is 10.1. The summed E-state index contributed by atoms with van der Waals surface area (Å²) in [7, 11) is 0. The van der Waals surface area contributed by atoms with Crippen molar-refractivity contribution in [3.8, 4) is 11.5 Å². The number of thioether (sulfide) groups is 1. The van der Waals surface area contributed by atoms with Gasteiger partial charge in [0.1, 0.15) is 13.2 Å². The number of amides is 3. The Morgan fingerprint density at radius 3 is 2.52 bits per heavy atom. The molecule has 0 atom stereocenters. The Morgan fingerprint density at radius 2 is 1.79 bits per heavy atom. The van der Waals surface area contributed by atoms with Crippen molar-refractivity contribution >= 4 is 58.1 Å². The maximum atomic E-state index is 13.0. The number of nitrogens with zero attached hydrogens (tertiary/aromatic N) is 1. The number of imide groups is 1. The first-order valence-corrected chi connectivity index (χ1v) is 14.3. The van der Waals surface area contributed by atoms with Crippen LogP contribution in [0.3, 0.4) is 0 Å². The zero-order valence-electron chi connectivity index (χ0n) is 23.3. The third kappa shape index (κ3) is 7.71. The molecule has 4 rings (SSSR count). The molecule has 3 aromatic carbocycles. The highest BCUT2D eigenvalue weighted by molar-refractivity contribution is 8.18. The van der Waals surface area contributed by atoms with Crippen molar-refractivity contribution < 1.29 is 33.4 Å². The van der Waals surface area contributed by atoms with Gasteiger partial charge in [-0.15, -0.1) is 0 Å². The number of aryl methyl sites for hydroxylation is 1. The predicted molar refractivity (Wildman–Crippen MR) is 162 cm³/mol. The van der Waals surface area contributed by atoms with Crippen molar-refractivity contribution in [2.75, 3.05) is 25.1 Å². The van der Waals surface area contributed by atoms with Gasteiger partial charge in [0.2, 0.25) is 5.91 Å². The van der Waals surface area contributed by atoms with E-state index in [1.54, 1.807) is 31.2 Å². The zero-order chi connectivity index (χ0) is 30.2. The van der Waals surface area contributed by atoms with Crippen LogP contribution in [0, 0.1) is 6.92 Å². The van der Waals surface area contributed by atoms with Crippen LogP contribution >= 0.6 is 23.4 Å². The molecule has 1 N–H and O–H groups in total. The highest BCUT2D eigenvalue weighted by atomic mass is 35.5. The molecule has 1 aliphatic rings. The van der Waals surface area contributed by atoms with Gasteiger partial charge in [-0.1, -0.05) is 47.5 Å². The zero-order valence-corrected chi connectivity index (χ0v) is 24.8. The third-order valence-corrected chi connectivity index (χ3v) is 7.20. The summed E-state index contributed by atoms with van der Waals surface area (Å²) in [5.41, 5.74) is 3.14. The quantitative estimate of drug-likeness (QED) is 0.195. The summed E-state index contributed by atoms with van der Waals surface area (Å²) in [6.45, 7) is 5.97. The van der Waals surface area contributed by atoms with E-state index in [1.165, 1.54) is 18.2 Å². The second kappa shape index (κ2) is 14.1. The van der Waals surface area contributed by atoms with E-state index in [1.807, 2.05) is 38.1 Å². The molecule has 0 spiro atoms. The van der Waals surface area contributed by atoms with Crippen LogP contribution in [-0.2, 0) is 20.9 Å². The predicted octanol–water partition coefficient (Wildman–Crippen LogP) is 6.48. The lowest BCUT2D eigenvalue weighted by molar-refractivity contribution is -0.127. The summed E-state index contributed by atoms with van der Waals surface area (Å²) in [6, 6.07) is 17.6. The Kier molecular flexibility index (Phi) is 10.3. The van der Waals surface area contributed by atoms with Gasteiger partial charge in [-0.3, -0.25) is 19.3 Å². The topological polar surface area (TPSA) is 111 Å². The summed E-state index contributed by atoms with van der Waals surface area (Å²) in [4.78, 5) is 51.5. The maximum absolute atomic E-state index is 13.0. The lowest BCUT2D eigenvalue weighted by Gasteiger charge is -2.14. The number of benzene rings is 3. The van der Waals surface area contributed by atoms with Crippen LogP contribution in [-0.4, -0.2) is 47.7 Å². The van der Waals surface area contributed by atoms with Crippen LogP contribution in [0.15, 0.2) is 65.6 Å². The molecule has 3 aromatic rings. The number of hydrogen-bond acceptors (Lipinski definition) is 8. The fraction of sp³-hybridized carbons (Fsp3) is 0.226. The minimum Gasteiger partial charge on any atom is -0.490 e. The van der Waals surface area contributed by atoms with Crippen molar-refractivity contribution in [2.24, 2.45) is 0 Å². The summed E-state index contributed by atoms with van der Waals surface area (Å²) >= 11 is 6.81. The summed E-state index contributed by atoms with van der Waals surface area (Å²) < 4.78 is 16.7. The molecule has 0 radical (unpaired) electrons. The number of ether oxygens (including phenoxy) is 3. The minimum absolute atomic E-state index is 0.0865. The van der Waals surface area contributed by atoms with Gasteiger partial charge in [0.25, 0.3) is 11.1 Å². The van der Waals surface area contributed by atoms with Crippen LogP contribution in [0.2, 0.25) is 5.02 Å². The molecule has 1 heterocycles. The van der Waals surface area contributed by atoms with Gasteiger partial charge in [0, 0.05) is 5.69 Å². The average molecular weight is 609 g/mol. The smallest absolute Gasteiger partial charge is 0.339 e. The van der Waals surface area contributed by atoms with Crippen LogP contribution in [0.1, 0.15) is 40.9 Å². The molecule has 42 heavy (non-hydrogen) atoms.